The maximum Gasteiger partial charge on any atom is 0.255 e. The van der Waals surface area contributed by atoms with Crippen molar-refractivity contribution in [3.05, 3.63) is 88.8 Å². The second-order valence-corrected chi connectivity index (χ2v) is 10.0. The predicted octanol–water partition coefficient (Wildman–Crippen LogP) is 5.71. The highest BCUT2D eigenvalue weighted by Crippen LogP contribution is 2.30. The number of amides is 1. The highest BCUT2D eigenvalue weighted by atomic mass is 35.5. The van der Waals surface area contributed by atoms with Gasteiger partial charge in [0, 0.05) is 71.5 Å². The van der Waals surface area contributed by atoms with E-state index in [1.165, 1.54) is 18.5 Å². The molecule has 212 valence electrons. The molecule has 0 atom stereocenters. The molecule has 2 aromatic carbocycles. The van der Waals surface area contributed by atoms with Crippen molar-refractivity contribution in [2.45, 2.75) is 13.6 Å². The summed E-state index contributed by atoms with van der Waals surface area (Å²) < 4.78 is 18.6. The third-order valence-corrected chi connectivity index (χ3v) is 7.16. The molecule has 9 nitrogen and oxygen atoms in total. The average molecular weight is 576 g/mol. The van der Waals surface area contributed by atoms with Crippen molar-refractivity contribution < 1.29 is 13.9 Å². The number of aromatic nitrogens is 3. The first-order valence-corrected chi connectivity index (χ1v) is 13.7. The molecule has 0 unspecified atom stereocenters. The Labute approximate surface area is 243 Å². The van der Waals surface area contributed by atoms with Crippen molar-refractivity contribution in [3.8, 4) is 11.3 Å². The van der Waals surface area contributed by atoms with Crippen molar-refractivity contribution in [1.29, 1.82) is 0 Å². The lowest BCUT2D eigenvalue weighted by Crippen LogP contribution is -2.39. The third-order valence-electron chi connectivity index (χ3n) is 6.79. The number of hydrogen-bond donors (Lipinski definition) is 3. The predicted molar refractivity (Wildman–Crippen MR) is 160 cm³/mol. The summed E-state index contributed by atoms with van der Waals surface area (Å²) in [6, 6.07) is 15.8. The van der Waals surface area contributed by atoms with Crippen molar-refractivity contribution >= 4 is 40.5 Å². The van der Waals surface area contributed by atoms with Crippen molar-refractivity contribution in [2.75, 3.05) is 55.3 Å². The molecule has 5 rings (SSSR count). The molecule has 0 bridgehead atoms. The Morgan fingerprint density at radius 2 is 1.93 bits per heavy atom. The summed E-state index contributed by atoms with van der Waals surface area (Å²) >= 11 is 5.99. The number of morpholine rings is 1. The summed E-state index contributed by atoms with van der Waals surface area (Å²) in [5, 5.41) is 9.95. The molecule has 1 fully saturated rings. The Morgan fingerprint density at radius 1 is 1.07 bits per heavy atom. The monoisotopic (exact) mass is 575 g/mol. The minimum atomic E-state index is -0.747. The van der Waals surface area contributed by atoms with Gasteiger partial charge in [-0.3, -0.25) is 9.69 Å². The van der Waals surface area contributed by atoms with Gasteiger partial charge in [-0.25, -0.2) is 19.3 Å². The smallest absolute Gasteiger partial charge is 0.255 e. The molecular weight excluding hydrogens is 545 g/mol. The number of rotatable bonds is 10. The molecule has 1 aliphatic rings. The van der Waals surface area contributed by atoms with Crippen molar-refractivity contribution in [1.82, 2.24) is 19.9 Å². The number of nitrogens with zero attached hydrogens (tertiary/aromatic N) is 4. The number of hydrogen-bond acceptors (Lipinski definition) is 8. The Morgan fingerprint density at radius 3 is 2.76 bits per heavy atom. The van der Waals surface area contributed by atoms with Crippen LogP contribution in [-0.4, -0.2) is 65.2 Å². The minimum absolute atomic E-state index is 0.272. The fraction of sp³-hybridized carbons (Fsp3) is 0.267. The lowest BCUT2D eigenvalue weighted by molar-refractivity contribution is 0.0398. The van der Waals surface area contributed by atoms with E-state index in [0.29, 0.717) is 17.1 Å². The summed E-state index contributed by atoms with van der Waals surface area (Å²) in [5.74, 6) is 0.985. The van der Waals surface area contributed by atoms with Crippen LogP contribution in [0.4, 0.5) is 27.4 Å². The molecule has 0 aliphatic carbocycles. The number of pyridine rings is 1. The molecule has 1 aliphatic heterocycles. The van der Waals surface area contributed by atoms with Crippen LogP contribution >= 0.6 is 11.6 Å². The van der Waals surface area contributed by atoms with Gasteiger partial charge in [-0.15, -0.1) is 0 Å². The zero-order valence-electron chi connectivity index (χ0n) is 22.7. The van der Waals surface area contributed by atoms with E-state index in [0.717, 1.165) is 67.7 Å². The maximum absolute atomic E-state index is 13.2. The number of benzene rings is 2. The number of carbonyl (C=O) groups is 1. The van der Waals surface area contributed by atoms with E-state index in [-0.39, 0.29) is 16.5 Å². The Bertz CT molecular complexity index is 1510. The highest BCUT2D eigenvalue weighted by Gasteiger charge is 2.14. The first-order valence-electron chi connectivity index (χ1n) is 13.3. The molecule has 1 saturated heterocycles. The summed E-state index contributed by atoms with van der Waals surface area (Å²) in [5.41, 5.74) is 4.42. The van der Waals surface area contributed by atoms with Crippen LogP contribution < -0.4 is 16.0 Å². The van der Waals surface area contributed by atoms with Crippen LogP contribution in [0.5, 0.6) is 0 Å². The molecule has 0 radical (unpaired) electrons. The van der Waals surface area contributed by atoms with E-state index in [1.807, 2.05) is 43.3 Å². The minimum Gasteiger partial charge on any atom is -0.379 e. The third kappa shape index (κ3) is 7.35. The Balaban J connectivity index is 1.30. The molecule has 3 N–H and O–H groups in total. The normalized spacial score (nSPS) is 13.5. The topological polar surface area (TPSA) is 104 Å². The number of aryl methyl sites for hydroxylation is 1. The van der Waals surface area contributed by atoms with E-state index in [1.54, 1.807) is 12.3 Å². The molecule has 0 saturated carbocycles. The fourth-order valence-corrected chi connectivity index (χ4v) is 4.63. The standard InChI is InChI=1S/C30H31ClFN7O2/c1-20-4-6-23(37-30(40)21-5-7-25(31)22(15-21)18-32)16-26(20)38-29-24(3-2-8-34-29)27-17-28(36-19-35-27)33-9-10-39-11-13-41-14-12-39/h2-8,15-17,19H,9-14,18H2,1H3,(H,34,38)(H,37,40)(H,33,35,36). The summed E-state index contributed by atoms with van der Waals surface area (Å²) in [6.07, 6.45) is 3.24. The van der Waals surface area contributed by atoms with Gasteiger partial charge in [-0.1, -0.05) is 17.7 Å². The van der Waals surface area contributed by atoms with Gasteiger partial charge in [0.1, 0.15) is 24.6 Å². The summed E-state index contributed by atoms with van der Waals surface area (Å²) in [4.78, 5) is 28.6. The van der Waals surface area contributed by atoms with E-state index in [2.05, 4.69) is 35.8 Å². The summed E-state index contributed by atoms with van der Waals surface area (Å²) in [6.45, 7) is 6.30. The van der Waals surface area contributed by atoms with Crippen LogP contribution in [0.2, 0.25) is 5.02 Å². The van der Waals surface area contributed by atoms with E-state index in [4.69, 9.17) is 16.3 Å². The number of nitrogens with one attached hydrogen (secondary N) is 3. The van der Waals surface area contributed by atoms with Gasteiger partial charge in [0.05, 0.1) is 18.9 Å². The first-order chi connectivity index (χ1) is 20.0. The number of halogens is 2. The van der Waals surface area contributed by atoms with Crippen molar-refractivity contribution in [3.63, 3.8) is 0 Å². The number of anilines is 4. The zero-order valence-corrected chi connectivity index (χ0v) is 23.4. The van der Waals surface area contributed by atoms with Crippen LogP contribution in [0.15, 0.2) is 67.1 Å². The Hall–Kier alpha value is -4.12. The second kappa shape index (κ2) is 13.5. The first kappa shape index (κ1) is 28.4. The van der Waals surface area contributed by atoms with E-state index in [9.17, 15) is 9.18 Å². The zero-order chi connectivity index (χ0) is 28.6. The average Bonchev–Trinajstić information content (AvgIpc) is 3.00. The fourth-order valence-electron chi connectivity index (χ4n) is 4.46. The SMILES string of the molecule is Cc1ccc(NC(=O)c2ccc(Cl)c(CF)c2)cc1Nc1ncccc1-c1cc(NCCN2CCOCC2)ncn1. The number of ether oxygens (including phenoxy) is 1. The molecule has 4 aromatic rings. The van der Waals surface area contributed by atoms with Gasteiger partial charge >= 0.3 is 0 Å². The van der Waals surface area contributed by atoms with Gasteiger partial charge in [0.2, 0.25) is 0 Å². The van der Waals surface area contributed by atoms with Gasteiger partial charge in [0.15, 0.2) is 0 Å². The number of carbonyl (C=O) groups excluding carboxylic acids is 1. The van der Waals surface area contributed by atoms with E-state index >= 15 is 0 Å². The molecule has 1 amide bonds. The summed E-state index contributed by atoms with van der Waals surface area (Å²) in [7, 11) is 0. The van der Waals surface area contributed by atoms with Crippen LogP contribution in [0.25, 0.3) is 11.3 Å². The van der Waals surface area contributed by atoms with Crippen LogP contribution in [0.1, 0.15) is 21.5 Å². The maximum atomic E-state index is 13.2. The van der Waals surface area contributed by atoms with Gasteiger partial charge in [-0.2, -0.15) is 0 Å². The highest BCUT2D eigenvalue weighted by molar-refractivity contribution is 6.31. The molecule has 41 heavy (non-hydrogen) atoms. The molecule has 0 spiro atoms. The van der Waals surface area contributed by atoms with E-state index < -0.39 is 6.67 Å². The molecule has 3 heterocycles. The van der Waals surface area contributed by atoms with Crippen LogP contribution in [0, 0.1) is 6.92 Å². The lowest BCUT2D eigenvalue weighted by atomic mass is 10.1. The largest absolute Gasteiger partial charge is 0.379 e. The lowest BCUT2D eigenvalue weighted by Gasteiger charge is -2.26. The quantitative estimate of drug-likeness (QED) is 0.221. The van der Waals surface area contributed by atoms with Crippen molar-refractivity contribution in [2.24, 2.45) is 0 Å². The molecular formula is C30H31ClFN7O2. The second-order valence-electron chi connectivity index (χ2n) is 9.62. The van der Waals surface area contributed by atoms with Gasteiger partial charge in [0.25, 0.3) is 5.91 Å². The number of alkyl halides is 1. The van der Waals surface area contributed by atoms with Gasteiger partial charge < -0.3 is 20.7 Å². The van der Waals surface area contributed by atoms with Gasteiger partial charge in [-0.05, 0) is 55.0 Å². The molecule has 11 heteroatoms. The Kier molecular flexibility index (Phi) is 9.35. The molecule has 2 aromatic heterocycles. The van der Waals surface area contributed by atoms with Crippen LogP contribution in [-0.2, 0) is 11.4 Å². The van der Waals surface area contributed by atoms with Crippen LogP contribution in [0.3, 0.4) is 0 Å².